The minimum Gasteiger partial charge on any atom is -0.509 e. The molecule has 1 aliphatic heterocycles. The Morgan fingerprint density at radius 2 is 1.88 bits per heavy atom. The highest BCUT2D eigenvalue weighted by Crippen LogP contribution is 2.44. The Labute approximate surface area is 147 Å². The molecule has 0 bridgehead atoms. The molecule has 1 aromatic carbocycles. The smallest absolute Gasteiger partial charge is 0.256 e. The molecule has 1 spiro atoms. The molecule has 1 saturated carbocycles. The fourth-order valence-electron chi connectivity index (χ4n) is 4.16. The van der Waals surface area contributed by atoms with E-state index in [9.17, 15) is 9.90 Å². The third-order valence-corrected chi connectivity index (χ3v) is 5.60. The number of amides is 1. The first-order valence-electron chi connectivity index (χ1n) is 8.40. The van der Waals surface area contributed by atoms with Gasteiger partial charge in [-0.05, 0) is 74.3 Å². The Hall–Kier alpha value is -1.52. The van der Waals surface area contributed by atoms with E-state index in [-0.39, 0.29) is 11.7 Å². The van der Waals surface area contributed by atoms with Gasteiger partial charge in [0.05, 0.1) is 11.1 Å². The molecule has 0 unspecified atom stereocenters. The number of nitrogens with one attached hydrogen (secondary N) is 1. The van der Waals surface area contributed by atoms with Crippen LogP contribution in [0.3, 0.4) is 0 Å². The Morgan fingerprint density at radius 3 is 2.42 bits per heavy atom. The molecule has 0 radical (unpaired) electrons. The number of aliphatic hydroxyl groups excluding tert-OH is 1. The first-order valence-corrected chi connectivity index (χ1v) is 8.78. The molecule has 5 heteroatoms. The van der Waals surface area contributed by atoms with E-state index in [0.29, 0.717) is 16.5 Å². The van der Waals surface area contributed by atoms with Crippen molar-refractivity contribution < 1.29 is 14.6 Å². The van der Waals surface area contributed by atoms with Crippen molar-refractivity contribution in [3.8, 4) is 0 Å². The Bertz CT molecular complexity index is 680. The van der Waals surface area contributed by atoms with E-state index < -0.39 is 5.54 Å². The molecule has 1 heterocycles. The molecule has 24 heavy (non-hydrogen) atoms. The molecule has 2 N–H and O–H groups in total. The summed E-state index contributed by atoms with van der Waals surface area (Å²) in [5.74, 6) is 0.497. The lowest BCUT2D eigenvalue weighted by Crippen LogP contribution is -2.47. The van der Waals surface area contributed by atoms with E-state index in [1.54, 1.807) is 7.11 Å². The van der Waals surface area contributed by atoms with Crippen molar-refractivity contribution in [3.63, 3.8) is 0 Å². The highest BCUT2D eigenvalue weighted by Gasteiger charge is 2.48. The minimum absolute atomic E-state index is 0.189. The second kappa shape index (κ2) is 6.41. The average Bonchev–Trinajstić information content (AvgIpc) is 2.74. The van der Waals surface area contributed by atoms with Crippen molar-refractivity contribution >= 4 is 23.1 Å². The van der Waals surface area contributed by atoms with Crippen LogP contribution in [-0.4, -0.2) is 30.3 Å². The maximum absolute atomic E-state index is 12.7. The van der Waals surface area contributed by atoms with Gasteiger partial charge in [0.15, 0.2) is 0 Å². The van der Waals surface area contributed by atoms with Crippen LogP contribution in [0.4, 0.5) is 0 Å². The van der Waals surface area contributed by atoms with Crippen LogP contribution in [0.25, 0.3) is 5.57 Å². The van der Waals surface area contributed by atoms with Crippen LogP contribution in [0, 0.1) is 19.8 Å². The molecule has 1 aliphatic carbocycles. The van der Waals surface area contributed by atoms with E-state index >= 15 is 0 Å². The van der Waals surface area contributed by atoms with E-state index in [2.05, 4.69) is 5.32 Å². The molecule has 3 rings (SSSR count). The second-order valence-electron chi connectivity index (χ2n) is 7.07. The number of hydrogen-bond donors (Lipinski definition) is 2. The molecule has 4 nitrogen and oxygen atoms in total. The molecule has 0 atom stereocenters. The van der Waals surface area contributed by atoms with Crippen LogP contribution >= 0.6 is 11.6 Å². The van der Waals surface area contributed by atoms with E-state index in [1.165, 1.54) is 0 Å². The zero-order valence-electron chi connectivity index (χ0n) is 14.4. The molecule has 1 fully saturated rings. The van der Waals surface area contributed by atoms with Crippen LogP contribution in [-0.2, 0) is 9.53 Å². The first-order chi connectivity index (χ1) is 11.4. The SMILES string of the molecule is COCC1CCC2(CC1)NC(=O)C(c1c(C)cc(Cl)cc1C)=C2O. The fourth-order valence-corrected chi connectivity index (χ4v) is 4.48. The number of methoxy groups -OCH3 is 1. The zero-order chi connectivity index (χ0) is 17.5. The van der Waals surface area contributed by atoms with Gasteiger partial charge in [-0.25, -0.2) is 0 Å². The van der Waals surface area contributed by atoms with Gasteiger partial charge in [-0.3, -0.25) is 4.79 Å². The zero-order valence-corrected chi connectivity index (χ0v) is 15.2. The normalized spacial score (nSPS) is 27.0. The number of hydrogen-bond acceptors (Lipinski definition) is 3. The summed E-state index contributed by atoms with van der Waals surface area (Å²) in [5, 5.41) is 14.7. The van der Waals surface area contributed by atoms with Gasteiger partial charge in [-0.15, -0.1) is 0 Å². The van der Waals surface area contributed by atoms with Crippen molar-refractivity contribution in [2.45, 2.75) is 45.1 Å². The van der Waals surface area contributed by atoms with Crippen LogP contribution in [0.1, 0.15) is 42.4 Å². The molecular formula is C19H24ClNO3. The minimum atomic E-state index is -0.616. The van der Waals surface area contributed by atoms with Crippen molar-refractivity contribution in [2.75, 3.05) is 13.7 Å². The van der Waals surface area contributed by atoms with Crippen molar-refractivity contribution in [1.29, 1.82) is 0 Å². The molecule has 2 aliphatic rings. The fraction of sp³-hybridized carbons (Fsp3) is 0.526. The number of aryl methyl sites for hydroxylation is 2. The van der Waals surface area contributed by atoms with Crippen LogP contribution in [0.15, 0.2) is 17.9 Å². The number of carbonyl (C=O) groups is 1. The van der Waals surface area contributed by atoms with Gasteiger partial charge in [-0.2, -0.15) is 0 Å². The largest absolute Gasteiger partial charge is 0.509 e. The number of aliphatic hydroxyl groups is 1. The number of carbonyl (C=O) groups excluding carboxylic acids is 1. The van der Waals surface area contributed by atoms with Crippen molar-refractivity contribution in [2.24, 2.45) is 5.92 Å². The summed E-state index contributed by atoms with van der Waals surface area (Å²) in [7, 11) is 1.71. The van der Waals surface area contributed by atoms with Gasteiger partial charge in [0, 0.05) is 18.7 Å². The highest BCUT2D eigenvalue weighted by molar-refractivity contribution is 6.31. The summed E-state index contributed by atoms with van der Waals surface area (Å²) in [4.78, 5) is 12.7. The Balaban J connectivity index is 1.98. The van der Waals surface area contributed by atoms with Crippen LogP contribution in [0.2, 0.25) is 5.02 Å². The molecule has 130 valence electrons. The molecule has 0 aromatic heterocycles. The monoisotopic (exact) mass is 349 g/mol. The summed E-state index contributed by atoms with van der Waals surface area (Å²) in [5.41, 5.74) is 2.40. The number of halogens is 1. The predicted octanol–water partition coefficient (Wildman–Crippen LogP) is 3.93. The van der Waals surface area contributed by atoms with E-state index in [4.69, 9.17) is 16.3 Å². The molecular weight excluding hydrogens is 326 g/mol. The topological polar surface area (TPSA) is 58.6 Å². The van der Waals surface area contributed by atoms with Crippen LogP contribution < -0.4 is 5.32 Å². The predicted molar refractivity (Wildman–Crippen MR) is 95.2 cm³/mol. The maximum atomic E-state index is 12.7. The maximum Gasteiger partial charge on any atom is 0.256 e. The van der Waals surface area contributed by atoms with E-state index in [0.717, 1.165) is 49.0 Å². The number of benzene rings is 1. The molecule has 1 amide bonds. The summed E-state index contributed by atoms with van der Waals surface area (Å²) >= 11 is 6.10. The lowest BCUT2D eigenvalue weighted by molar-refractivity contribution is -0.116. The third kappa shape index (κ3) is 2.82. The Morgan fingerprint density at radius 1 is 1.29 bits per heavy atom. The lowest BCUT2D eigenvalue weighted by atomic mass is 9.75. The van der Waals surface area contributed by atoms with Crippen molar-refractivity contribution in [3.05, 3.63) is 39.6 Å². The summed E-state index contributed by atoms with van der Waals surface area (Å²) in [6.07, 6.45) is 3.36. The van der Waals surface area contributed by atoms with Gasteiger partial charge in [0.25, 0.3) is 5.91 Å². The summed E-state index contributed by atoms with van der Waals surface area (Å²) in [6.45, 7) is 4.57. The van der Waals surface area contributed by atoms with Gasteiger partial charge in [-0.1, -0.05) is 11.6 Å². The standard InChI is InChI=1S/C19H24ClNO3/c1-11-8-14(20)9-12(2)15(11)16-17(22)19(21-18(16)23)6-4-13(5-7-19)10-24-3/h8-9,13,22H,4-7,10H2,1-3H3,(H,21,23). The summed E-state index contributed by atoms with van der Waals surface area (Å²) in [6, 6.07) is 3.66. The first kappa shape index (κ1) is 17.3. The van der Waals surface area contributed by atoms with Gasteiger partial charge >= 0.3 is 0 Å². The third-order valence-electron chi connectivity index (χ3n) is 5.38. The van der Waals surface area contributed by atoms with Gasteiger partial charge in [0.2, 0.25) is 0 Å². The molecule has 1 aromatic rings. The second-order valence-corrected chi connectivity index (χ2v) is 7.51. The highest BCUT2D eigenvalue weighted by atomic mass is 35.5. The van der Waals surface area contributed by atoms with E-state index in [1.807, 2.05) is 26.0 Å². The quantitative estimate of drug-likeness (QED) is 0.869. The Kier molecular flexibility index (Phi) is 4.63. The number of rotatable bonds is 3. The average molecular weight is 350 g/mol. The van der Waals surface area contributed by atoms with Crippen LogP contribution in [0.5, 0.6) is 0 Å². The van der Waals surface area contributed by atoms with Gasteiger partial charge < -0.3 is 15.2 Å². The number of ether oxygens (including phenoxy) is 1. The van der Waals surface area contributed by atoms with Gasteiger partial charge in [0.1, 0.15) is 5.76 Å². The summed E-state index contributed by atoms with van der Waals surface area (Å²) < 4.78 is 5.24. The molecule has 0 saturated heterocycles. The van der Waals surface area contributed by atoms with Crippen molar-refractivity contribution in [1.82, 2.24) is 5.32 Å². The lowest BCUT2D eigenvalue weighted by Gasteiger charge is -2.37.